The van der Waals surface area contributed by atoms with Gasteiger partial charge in [-0.1, -0.05) is 24.3 Å². The zero-order valence-corrected chi connectivity index (χ0v) is 16.0. The maximum Gasteiger partial charge on any atom is 0.296 e. The molecule has 0 saturated carbocycles. The van der Waals surface area contributed by atoms with E-state index in [1.165, 1.54) is 27.6 Å². The molecule has 4 aromatic rings. The van der Waals surface area contributed by atoms with Crippen LogP contribution in [0.25, 0.3) is 11.0 Å². The molecule has 138 valence electrons. The Hall–Kier alpha value is -3.23. The van der Waals surface area contributed by atoms with Crippen LogP contribution in [0.15, 0.2) is 70.6 Å². The summed E-state index contributed by atoms with van der Waals surface area (Å²) in [4.78, 5) is 36.3. The highest BCUT2D eigenvalue weighted by Crippen LogP contribution is 2.43. The maximum absolute atomic E-state index is 13.1. The second kappa shape index (κ2) is 6.43. The smallest absolute Gasteiger partial charge is 0.296 e. The predicted octanol–water partition coefficient (Wildman–Crippen LogP) is 4.47. The average molecular weight is 407 g/mol. The minimum atomic E-state index is -0.734. The molecule has 0 fully saturated rings. The number of H-pyrrole nitrogens is 1. The Balaban J connectivity index is 1.67. The molecule has 6 nitrogen and oxygen atoms in total. The molecule has 2 N–H and O–H groups in total. The summed E-state index contributed by atoms with van der Waals surface area (Å²) in [5.74, 6) is -1.22. The van der Waals surface area contributed by atoms with Crippen molar-refractivity contribution in [3.05, 3.63) is 80.4 Å². The number of hydrogen-bond donors (Lipinski definition) is 2. The maximum atomic E-state index is 13.1. The van der Waals surface area contributed by atoms with E-state index in [2.05, 4.69) is 9.97 Å². The fourth-order valence-corrected chi connectivity index (χ4v) is 4.87. The highest BCUT2D eigenvalue weighted by Gasteiger charge is 2.46. The minimum Gasteiger partial charge on any atom is -0.503 e. The summed E-state index contributed by atoms with van der Waals surface area (Å²) in [5.41, 5.74) is 1.55. The van der Waals surface area contributed by atoms with Gasteiger partial charge in [0.15, 0.2) is 5.76 Å². The summed E-state index contributed by atoms with van der Waals surface area (Å²) in [6, 6.07) is 13.8. The number of ketones is 1. The molecule has 1 aliphatic rings. The predicted molar refractivity (Wildman–Crippen MR) is 109 cm³/mol. The number of aromatic amines is 1. The van der Waals surface area contributed by atoms with Crippen LogP contribution in [0.3, 0.4) is 0 Å². The monoisotopic (exact) mass is 407 g/mol. The Morgan fingerprint density at radius 2 is 1.86 bits per heavy atom. The van der Waals surface area contributed by atoms with Gasteiger partial charge in [0.25, 0.3) is 5.91 Å². The molecule has 5 rings (SSSR count). The standard InChI is InChI=1S/C20H13N3O3S2/c24-17(14-8-4-10-28-14)15-16(13-7-3-9-27-13)23(19(26)18(15)25)20-21-11-5-1-2-6-12(11)22-20/h1-10,16,25H,(H,21,22). The quantitative estimate of drug-likeness (QED) is 0.489. The molecule has 1 atom stereocenters. The van der Waals surface area contributed by atoms with Crippen LogP contribution in [0.5, 0.6) is 0 Å². The van der Waals surface area contributed by atoms with E-state index in [9.17, 15) is 14.7 Å². The van der Waals surface area contributed by atoms with Crippen molar-refractivity contribution >= 4 is 51.3 Å². The van der Waals surface area contributed by atoms with Gasteiger partial charge in [-0.3, -0.25) is 14.5 Å². The summed E-state index contributed by atoms with van der Waals surface area (Å²) in [7, 11) is 0. The number of carbonyl (C=O) groups excluding carboxylic acids is 2. The molecule has 1 aliphatic heterocycles. The number of fused-ring (bicyclic) bond motifs is 1. The molecule has 28 heavy (non-hydrogen) atoms. The van der Waals surface area contributed by atoms with Crippen LogP contribution in [0.1, 0.15) is 20.6 Å². The van der Waals surface area contributed by atoms with E-state index in [1.54, 1.807) is 17.5 Å². The summed E-state index contributed by atoms with van der Waals surface area (Å²) < 4.78 is 0. The van der Waals surface area contributed by atoms with Crippen LogP contribution in [0.2, 0.25) is 0 Å². The van der Waals surface area contributed by atoms with Gasteiger partial charge in [-0.05, 0) is 35.0 Å². The van der Waals surface area contributed by atoms with E-state index in [0.29, 0.717) is 16.3 Å². The first kappa shape index (κ1) is 16.9. The second-order valence-electron chi connectivity index (χ2n) is 6.24. The zero-order chi connectivity index (χ0) is 19.3. The highest BCUT2D eigenvalue weighted by atomic mass is 32.1. The highest BCUT2D eigenvalue weighted by molar-refractivity contribution is 7.12. The van der Waals surface area contributed by atoms with Crippen LogP contribution in [0, 0.1) is 0 Å². The Labute approximate surface area is 167 Å². The molecule has 1 unspecified atom stereocenters. The van der Waals surface area contributed by atoms with Gasteiger partial charge in [0.05, 0.1) is 21.5 Å². The second-order valence-corrected chi connectivity index (χ2v) is 8.17. The van der Waals surface area contributed by atoms with E-state index in [4.69, 9.17) is 0 Å². The summed E-state index contributed by atoms with van der Waals surface area (Å²) in [5, 5.41) is 14.3. The fraction of sp³-hybridized carbons (Fsp3) is 0.0500. The molecule has 1 aromatic carbocycles. The van der Waals surface area contributed by atoms with Crippen molar-refractivity contribution in [1.29, 1.82) is 0 Å². The molecule has 0 aliphatic carbocycles. The summed E-state index contributed by atoms with van der Waals surface area (Å²) in [6.45, 7) is 0. The van der Waals surface area contributed by atoms with Crippen LogP contribution >= 0.6 is 22.7 Å². The number of amides is 1. The summed E-state index contributed by atoms with van der Waals surface area (Å²) >= 11 is 2.69. The van der Waals surface area contributed by atoms with Gasteiger partial charge in [0, 0.05) is 4.88 Å². The van der Waals surface area contributed by atoms with E-state index in [1.807, 2.05) is 41.8 Å². The van der Waals surface area contributed by atoms with Gasteiger partial charge in [-0.2, -0.15) is 0 Å². The number of rotatable bonds is 4. The topological polar surface area (TPSA) is 86.3 Å². The number of thiophene rings is 2. The Morgan fingerprint density at radius 1 is 1.07 bits per heavy atom. The molecular weight excluding hydrogens is 394 g/mol. The number of anilines is 1. The van der Waals surface area contributed by atoms with Crippen molar-refractivity contribution in [2.45, 2.75) is 6.04 Å². The molecule has 0 radical (unpaired) electrons. The number of carbonyl (C=O) groups is 2. The van der Waals surface area contributed by atoms with E-state index in [0.717, 1.165) is 10.4 Å². The lowest BCUT2D eigenvalue weighted by Crippen LogP contribution is -2.31. The normalized spacial score (nSPS) is 17.1. The number of aromatic nitrogens is 2. The van der Waals surface area contributed by atoms with Crippen LogP contribution in [-0.2, 0) is 4.79 Å². The van der Waals surface area contributed by atoms with Gasteiger partial charge in [-0.25, -0.2) is 4.98 Å². The van der Waals surface area contributed by atoms with Crippen LogP contribution < -0.4 is 4.90 Å². The lowest BCUT2D eigenvalue weighted by Gasteiger charge is -2.22. The van der Waals surface area contributed by atoms with E-state index in [-0.39, 0.29) is 11.4 Å². The van der Waals surface area contributed by atoms with Gasteiger partial charge >= 0.3 is 0 Å². The first-order chi connectivity index (χ1) is 13.6. The van der Waals surface area contributed by atoms with Crippen molar-refractivity contribution in [3.8, 4) is 0 Å². The Morgan fingerprint density at radius 3 is 2.57 bits per heavy atom. The number of nitrogens with one attached hydrogen (secondary N) is 1. The molecule has 4 heterocycles. The first-order valence-corrected chi connectivity index (χ1v) is 10.2. The number of benzene rings is 1. The molecule has 0 spiro atoms. The largest absolute Gasteiger partial charge is 0.503 e. The zero-order valence-electron chi connectivity index (χ0n) is 14.3. The third kappa shape index (κ3) is 2.49. The number of Topliss-reactive ketones (excluding diaryl/α,β-unsaturated/α-hetero) is 1. The van der Waals surface area contributed by atoms with E-state index >= 15 is 0 Å². The molecule has 0 bridgehead atoms. The van der Waals surface area contributed by atoms with Crippen molar-refractivity contribution < 1.29 is 14.7 Å². The van der Waals surface area contributed by atoms with Gasteiger partial charge < -0.3 is 10.1 Å². The summed E-state index contributed by atoms with van der Waals surface area (Å²) in [6.07, 6.45) is 0. The van der Waals surface area contributed by atoms with Gasteiger partial charge in [0.1, 0.15) is 6.04 Å². The number of aliphatic hydroxyl groups excluding tert-OH is 1. The molecular formula is C20H13N3O3S2. The fourth-order valence-electron chi connectivity index (χ4n) is 3.37. The van der Waals surface area contributed by atoms with Crippen LogP contribution in [-0.4, -0.2) is 26.8 Å². The third-order valence-corrected chi connectivity index (χ3v) is 6.41. The average Bonchev–Trinajstić information content (AvgIpc) is 3.49. The van der Waals surface area contributed by atoms with Crippen LogP contribution in [0.4, 0.5) is 5.95 Å². The number of nitrogens with zero attached hydrogens (tertiary/aromatic N) is 2. The van der Waals surface area contributed by atoms with E-state index < -0.39 is 17.7 Å². The Kier molecular flexibility index (Phi) is 3.88. The number of aliphatic hydroxyl groups is 1. The number of para-hydroxylation sites is 2. The Bertz CT molecular complexity index is 1190. The van der Waals surface area contributed by atoms with Crippen molar-refractivity contribution in [2.24, 2.45) is 0 Å². The molecule has 3 aromatic heterocycles. The SMILES string of the molecule is O=C(C1=C(O)C(=O)N(c2nc3ccccc3[nH]2)C1c1cccs1)c1cccs1. The molecule has 8 heteroatoms. The van der Waals surface area contributed by atoms with Gasteiger partial charge in [0.2, 0.25) is 11.7 Å². The van der Waals surface area contributed by atoms with Crippen molar-refractivity contribution in [2.75, 3.05) is 4.90 Å². The number of imidazole rings is 1. The van der Waals surface area contributed by atoms with Crippen molar-refractivity contribution in [1.82, 2.24) is 9.97 Å². The minimum absolute atomic E-state index is 0.0790. The van der Waals surface area contributed by atoms with Gasteiger partial charge in [-0.15, -0.1) is 22.7 Å². The van der Waals surface area contributed by atoms with Crippen molar-refractivity contribution in [3.63, 3.8) is 0 Å². The first-order valence-electron chi connectivity index (χ1n) is 8.48. The molecule has 1 amide bonds. The molecule has 0 saturated heterocycles. The lowest BCUT2D eigenvalue weighted by atomic mass is 10.0. The lowest BCUT2D eigenvalue weighted by molar-refractivity contribution is -0.117. The third-order valence-electron chi connectivity index (χ3n) is 4.62. The number of hydrogen-bond acceptors (Lipinski definition) is 6.